The van der Waals surface area contributed by atoms with Crippen LogP contribution in [0, 0.1) is 10.2 Å². The Balaban J connectivity index is 2.13. The van der Waals surface area contributed by atoms with Crippen LogP contribution in [0.25, 0.3) is 0 Å². The molecule has 0 aliphatic heterocycles. The smallest absolute Gasteiger partial charge is 0.216 e. The van der Waals surface area contributed by atoms with Crippen LogP contribution in [0.1, 0.15) is 26.2 Å². The first-order valence-electron chi connectivity index (χ1n) is 4.37. The van der Waals surface area contributed by atoms with Gasteiger partial charge < -0.3 is 0 Å². The van der Waals surface area contributed by atoms with E-state index in [1.807, 2.05) is 6.21 Å². The normalized spacial score (nSPS) is 20.4. The second-order valence-corrected chi connectivity index (χ2v) is 4.14. The van der Waals surface area contributed by atoms with Crippen LogP contribution in [0.5, 0.6) is 0 Å². The molecule has 1 aliphatic rings. The molecule has 0 aromatic carbocycles. The Bertz CT molecular complexity index is 371. The van der Waals surface area contributed by atoms with E-state index in [-0.39, 0.29) is 5.41 Å². The molecule has 0 unspecified atom stereocenters. The Morgan fingerprint density at radius 1 is 1.77 bits per heavy atom. The number of nitrogens with zero attached hydrogens (tertiary/aromatic N) is 3. The van der Waals surface area contributed by atoms with Gasteiger partial charge in [0.05, 0.1) is 0 Å². The van der Waals surface area contributed by atoms with Crippen molar-refractivity contribution in [3.8, 4) is 0 Å². The molecule has 70 valence electrons. The van der Waals surface area contributed by atoms with Gasteiger partial charge in [-0.3, -0.25) is 5.10 Å². The molecular formula is C8H12N4S. The first-order chi connectivity index (χ1) is 6.20. The molecule has 1 saturated carbocycles. The molecule has 0 radical (unpaired) electrons. The number of aromatic nitrogens is 3. The minimum absolute atomic E-state index is 0.284. The van der Waals surface area contributed by atoms with Gasteiger partial charge in [0, 0.05) is 11.6 Å². The number of H-pyrrole nitrogens is 1. The van der Waals surface area contributed by atoms with Crippen molar-refractivity contribution in [3.63, 3.8) is 0 Å². The van der Waals surface area contributed by atoms with E-state index < -0.39 is 0 Å². The monoisotopic (exact) mass is 196 g/mol. The Labute approximate surface area is 81.7 Å². The van der Waals surface area contributed by atoms with E-state index in [4.69, 9.17) is 12.2 Å². The molecule has 4 nitrogen and oxygen atoms in total. The molecular weight excluding hydrogens is 184 g/mol. The highest BCUT2D eigenvalue weighted by Crippen LogP contribution is 2.38. The molecule has 0 spiro atoms. The van der Waals surface area contributed by atoms with Crippen LogP contribution < -0.4 is 0 Å². The second-order valence-electron chi connectivity index (χ2n) is 3.76. The van der Waals surface area contributed by atoms with Crippen molar-refractivity contribution in [1.82, 2.24) is 14.9 Å². The van der Waals surface area contributed by atoms with E-state index in [0.717, 1.165) is 0 Å². The summed E-state index contributed by atoms with van der Waals surface area (Å²) in [7, 11) is 0. The summed E-state index contributed by atoms with van der Waals surface area (Å²) in [6.07, 6.45) is 7.31. The van der Waals surface area contributed by atoms with Gasteiger partial charge in [-0.2, -0.15) is 14.9 Å². The van der Waals surface area contributed by atoms with Gasteiger partial charge in [-0.1, -0.05) is 13.3 Å². The number of aromatic amines is 1. The fraction of sp³-hybridized carbons (Fsp3) is 0.625. The van der Waals surface area contributed by atoms with E-state index in [2.05, 4.69) is 22.2 Å². The predicted molar refractivity (Wildman–Crippen MR) is 53.3 cm³/mol. The predicted octanol–water partition coefficient (Wildman–Crippen LogP) is 1.96. The molecule has 1 aromatic rings. The maximum absolute atomic E-state index is 4.96. The van der Waals surface area contributed by atoms with Crippen LogP contribution >= 0.6 is 12.2 Å². The zero-order chi connectivity index (χ0) is 9.31. The van der Waals surface area contributed by atoms with Gasteiger partial charge in [-0.15, -0.1) is 0 Å². The van der Waals surface area contributed by atoms with Crippen LogP contribution in [-0.2, 0) is 0 Å². The largest absolute Gasteiger partial charge is 0.250 e. The number of rotatable bonds is 2. The number of hydrogen-bond acceptors (Lipinski definition) is 3. The van der Waals surface area contributed by atoms with Crippen molar-refractivity contribution >= 4 is 18.4 Å². The maximum Gasteiger partial charge on any atom is 0.216 e. The van der Waals surface area contributed by atoms with Crippen LogP contribution in [-0.4, -0.2) is 21.1 Å². The summed E-state index contributed by atoms with van der Waals surface area (Å²) in [6.45, 7) is 2.21. The molecule has 5 heteroatoms. The minimum Gasteiger partial charge on any atom is -0.250 e. The highest BCUT2D eigenvalue weighted by molar-refractivity contribution is 7.71. The molecule has 0 bridgehead atoms. The van der Waals surface area contributed by atoms with E-state index >= 15 is 0 Å². The first-order valence-corrected chi connectivity index (χ1v) is 4.78. The van der Waals surface area contributed by atoms with Gasteiger partial charge in [0.2, 0.25) is 4.77 Å². The van der Waals surface area contributed by atoms with Crippen LogP contribution in [0.4, 0.5) is 0 Å². The maximum atomic E-state index is 4.96. The van der Waals surface area contributed by atoms with Crippen molar-refractivity contribution in [3.05, 3.63) is 11.1 Å². The third kappa shape index (κ3) is 1.70. The Kier molecular flexibility index (Phi) is 2.03. The second kappa shape index (κ2) is 3.06. The third-order valence-electron chi connectivity index (χ3n) is 2.52. The summed E-state index contributed by atoms with van der Waals surface area (Å²) in [5.74, 6) is 0. The highest BCUT2D eigenvalue weighted by Gasteiger charge is 2.29. The quantitative estimate of drug-likeness (QED) is 0.580. The lowest BCUT2D eigenvalue weighted by Gasteiger charge is -2.33. The summed E-state index contributed by atoms with van der Waals surface area (Å²) in [5, 5.41) is 10.7. The standard InChI is InChI=1S/C8H12N4S/c1-8(3-2-4-8)5-10-12-6-9-11-7(12)13/h5-6H,2-4H2,1H3,(H,11,13)/b10-5+. The zero-order valence-corrected chi connectivity index (χ0v) is 8.34. The van der Waals surface area contributed by atoms with Gasteiger partial charge in [-0.05, 0) is 25.1 Å². The molecule has 1 N–H and O–H groups in total. The molecule has 1 heterocycles. The fourth-order valence-corrected chi connectivity index (χ4v) is 1.54. The van der Waals surface area contributed by atoms with Crippen molar-refractivity contribution < 1.29 is 0 Å². The average Bonchev–Trinajstić information content (AvgIpc) is 2.44. The number of nitrogens with one attached hydrogen (secondary N) is 1. The lowest BCUT2D eigenvalue weighted by atomic mass is 9.72. The molecule has 0 saturated heterocycles. The van der Waals surface area contributed by atoms with Crippen molar-refractivity contribution in [1.29, 1.82) is 0 Å². The topological polar surface area (TPSA) is 46.0 Å². The van der Waals surface area contributed by atoms with Crippen molar-refractivity contribution in [2.24, 2.45) is 10.5 Å². The van der Waals surface area contributed by atoms with Crippen LogP contribution in [0.3, 0.4) is 0 Å². The van der Waals surface area contributed by atoms with E-state index in [1.165, 1.54) is 19.3 Å². The van der Waals surface area contributed by atoms with Crippen LogP contribution in [0.2, 0.25) is 0 Å². The Hall–Kier alpha value is -0.970. The Morgan fingerprint density at radius 3 is 3.00 bits per heavy atom. The molecule has 13 heavy (non-hydrogen) atoms. The van der Waals surface area contributed by atoms with Crippen LogP contribution in [0.15, 0.2) is 11.4 Å². The summed E-state index contributed by atoms with van der Waals surface area (Å²) >= 11 is 4.96. The zero-order valence-electron chi connectivity index (χ0n) is 7.53. The average molecular weight is 196 g/mol. The molecule has 1 fully saturated rings. The lowest BCUT2D eigenvalue weighted by molar-refractivity contribution is 0.269. The molecule has 1 aromatic heterocycles. The lowest BCUT2D eigenvalue weighted by Crippen LogP contribution is -2.27. The molecule has 0 atom stereocenters. The van der Waals surface area contributed by atoms with Gasteiger partial charge in [0.25, 0.3) is 0 Å². The summed E-state index contributed by atoms with van der Waals surface area (Å²) in [5.41, 5.74) is 0.284. The molecule has 0 amide bonds. The first kappa shape index (κ1) is 8.62. The summed E-state index contributed by atoms with van der Waals surface area (Å²) < 4.78 is 2.12. The van der Waals surface area contributed by atoms with Gasteiger partial charge >= 0.3 is 0 Å². The SMILES string of the molecule is CC1(/C=N/n2cn[nH]c2=S)CCC1. The van der Waals surface area contributed by atoms with E-state index in [9.17, 15) is 0 Å². The minimum atomic E-state index is 0.284. The summed E-state index contributed by atoms with van der Waals surface area (Å²) in [6, 6.07) is 0. The van der Waals surface area contributed by atoms with E-state index in [0.29, 0.717) is 4.77 Å². The molecule has 2 rings (SSSR count). The van der Waals surface area contributed by atoms with Gasteiger partial charge in [0.1, 0.15) is 6.33 Å². The fourth-order valence-electron chi connectivity index (χ4n) is 1.39. The third-order valence-corrected chi connectivity index (χ3v) is 2.80. The Morgan fingerprint density at radius 2 is 2.54 bits per heavy atom. The molecule has 1 aliphatic carbocycles. The van der Waals surface area contributed by atoms with Gasteiger partial charge in [-0.25, -0.2) is 0 Å². The van der Waals surface area contributed by atoms with E-state index in [1.54, 1.807) is 11.0 Å². The highest BCUT2D eigenvalue weighted by atomic mass is 32.1. The van der Waals surface area contributed by atoms with Crippen molar-refractivity contribution in [2.45, 2.75) is 26.2 Å². The van der Waals surface area contributed by atoms with Gasteiger partial charge in [0.15, 0.2) is 0 Å². The van der Waals surface area contributed by atoms with Crippen molar-refractivity contribution in [2.75, 3.05) is 0 Å². The number of hydrogen-bond donors (Lipinski definition) is 1. The summed E-state index contributed by atoms with van der Waals surface area (Å²) in [4.78, 5) is 0.